The highest BCUT2D eigenvalue weighted by Gasteiger charge is 2.24. The Labute approximate surface area is 118 Å². The molecule has 2 aromatic rings. The van der Waals surface area contributed by atoms with Crippen LogP contribution in [0.2, 0.25) is 0 Å². The van der Waals surface area contributed by atoms with Gasteiger partial charge in [-0.3, -0.25) is 4.79 Å². The maximum Gasteiger partial charge on any atom is 0.256 e. The number of rotatable bonds is 2. The fourth-order valence-electron chi connectivity index (χ4n) is 2.63. The van der Waals surface area contributed by atoms with E-state index in [-0.39, 0.29) is 11.9 Å². The monoisotopic (exact) mass is 270 g/mol. The molecule has 1 amide bonds. The molecule has 5 nitrogen and oxygen atoms in total. The van der Waals surface area contributed by atoms with Gasteiger partial charge in [-0.25, -0.2) is 4.68 Å². The van der Waals surface area contributed by atoms with Crippen molar-refractivity contribution in [3.63, 3.8) is 0 Å². The number of hydrogen-bond donors (Lipinski definition) is 1. The van der Waals surface area contributed by atoms with Crippen LogP contribution in [0.1, 0.15) is 23.2 Å². The number of carbonyl (C=O) groups excluding carboxylic acids is 1. The number of piperidine rings is 1. The van der Waals surface area contributed by atoms with Crippen molar-refractivity contribution in [1.82, 2.24) is 14.7 Å². The van der Waals surface area contributed by atoms with Crippen LogP contribution in [0.5, 0.6) is 0 Å². The predicted octanol–water partition coefficient (Wildman–Crippen LogP) is 1.44. The van der Waals surface area contributed by atoms with Gasteiger partial charge in [-0.05, 0) is 31.0 Å². The van der Waals surface area contributed by atoms with Crippen LogP contribution in [0, 0.1) is 0 Å². The van der Waals surface area contributed by atoms with Crippen LogP contribution in [-0.4, -0.2) is 39.7 Å². The molecule has 0 radical (unpaired) electrons. The molecule has 104 valence electrons. The highest BCUT2D eigenvalue weighted by atomic mass is 16.2. The number of amides is 1. The smallest absolute Gasteiger partial charge is 0.256 e. The molecule has 5 heteroatoms. The normalized spacial score (nSPS) is 19.1. The molecule has 1 atom stereocenters. The summed E-state index contributed by atoms with van der Waals surface area (Å²) in [5, 5.41) is 4.21. The lowest BCUT2D eigenvalue weighted by atomic mass is 10.0. The second-order valence-corrected chi connectivity index (χ2v) is 5.12. The van der Waals surface area contributed by atoms with Crippen LogP contribution in [0.15, 0.2) is 42.7 Å². The van der Waals surface area contributed by atoms with Gasteiger partial charge in [0.05, 0.1) is 11.3 Å². The third-order valence-corrected chi connectivity index (χ3v) is 3.63. The first-order chi connectivity index (χ1) is 9.75. The van der Waals surface area contributed by atoms with Gasteiger partial charge in [0.15, 0.2) is 0 Å². The Bertz CT molecular complexity index is 594. The van der Waals surface area contributed by atoms with Gasteiger partial charge in [-0.15, -0.1) is 0 Å². The van der Waals surface area contributed by atoms with E-state index in [2.05, 4.69) is 5.10 Å². The fourth-order valence-corrected chi connectivity index (χ4v) is 2.63. The Morgan fingerprint density at radius 2 is 2.15 bits per heavy atom. The quantitative estimate of drug-likeness (QED) is 0.898. The molecule has 3 rings (SSSR count). The minimum absolute atomic E-state index is 0.0336. The first-order valence-corrected chi connectivity index (χ1v) is 6.89. The van der Waals surface area contributed by atoms with Gasteiger partial charge < -0.3 is 10.6 Å². The molecular formula is C15H18N4O. The Balaban J connectivity index is 1.92. The van der Waals surface area contributed by atoms with Crippen molar-refractivity contribution in [2.75, 3.05) is 13.1 Å². The lowest BCUT2D eigenvalue weighted by Gasteiger charge is -2.31. The lowest BCUT2D eigenvalue weighted by Crippen LogP contribution is -2.45. The molecule has 2 N–H and O–H groups in total. The van der Waals surface area contributed by atoms with Gasteiger partial charge in [0.1, 0.15) is 0 Å². The van der Waals surface area contributed by atoms with Crippen molar-refractivity contribution in [3.05, 3.63) is 48.3 Å². The highest BCUT2D eigenvalue weighted by molar-refractivity contribution is 5.97. The zero-order valence-electron chi connectivity index (χ0n) is 11.3. The molecule has 1 fully saturated rings. The van der Waals surface area contributed by atoms with Crippen LogP contribution in [0.3, 0.4) is 0 Å². The second-order valence-electron chi connectivity index (χ2n) is 5.12. The van der Waals surface area contributed by atoms with E-state index in [1.807, 2.05) is 41.4 Å². The SMILES string of the molecule is N[C@H]1CCCN(C(=O)c2ccccc2-n2cccn2)C1. The van der Waals surface area contributed by atoms with Crippen LogP contribution >= 0.6 is 0 Å². The average Bonchev–Trinajstić information content (AvgIpc) is 3.00. The van der Waals surface area contributed by atoms with E-state index in [0.717, 1.165) is 25.1 Å². The molecule has 0 spiro atoms. The van der Waals surface area contributed by atoms with E-state index in [1.165, 1.54) is 0 Å². The van der Waals surface area contributed by atoms with Gasteiger partial charge in [0.25, 0.3) is 5.91 Å². The molecule has 0 aliphatic carbocycles. The number of nitrogens with two attached hydrogens (primary N) is 1. The molecule has 1 aromatic carbocycles. The summed E-state index contributed by atoms with van der Waals surface area (Å²) in [6, 6.07) is 9.48. The first kappa shape index (κ1) is 12.9. The molecule has 0 saturated carbocycles. The number of nitrogens with zero attached hydrogens (tertiary/aromatic N) is 3. The molecule has 1 aromatic heterocycles. The summed E-state index contributed by atoms with van der Waals surface area (Å²) in [6.07, 6.45) is 5.51. The number of likely N-dealkylation sites (tertiary alicyclic amines) is 1. The Kier molecular flexibility index (Phi) is 3.52. The number of aromatic nitrogens is 2. The summed E-state index contributed by atoms with van der Waals surface area (Å²) in [5.41, 5.74) is 7.44. The molecule has 20 heavy (non-hydrogen) atoms. The highest BCUT2D eigenvalue weighted by Crippen LogP contribution is 2.18. The maximum absolute atomic E-state index is 12.7. The largest absolute Gasteiger partial charge is 0.337 e. The van der Waals surface area contributed by atoms with Crippen LogP contribution < -0.4 is 5.73 Å². The average molecular weight is 270 g/mol. The van der Waals surface area contributed by atoms with E-state index < -0.39 is 0 Å². The van der Waals surface area contributed by atoms with E-state index in [1.54, 1.807) is 10.9 Å². The summed E-state index contributed by atoms with van der Waals surface area (Å²) < 4.78 is 1.72. The molecule has 1 saturated heterocycles. The second kappa shape index (κ2) is 5.46. The van der Waals surface area contributed by atoms with Gasteiger partial charge in [0, 0.05) is 31.5 Å². The molecule has 1 aliphatic rings. The molecule has 2 heterocycles. The van der Waals surface area contributed by atoms with Gasteiger partial charge in [-0.1, -0.05) is 12.1 Å². The van der Waals surface area contributed by atoms with Crippen LogP contribution in [0.25, 0.3) is 5.69 Å². The number of para-hydroxylation sites is 1. The Hall–Kier alpha value is -2.14. The van der Waals surface area contributed by atoms with Crippen molar-refractivity contribution >= 4 is 5.91 Å². The summed E-state index contributed by atoms with van der Waals surface area (Å²) in [5.74, 6) is 0.0336. The van der Waals surface area contributed by atoms with E-state index in [4.69, 9.17) is 5.73 Å². The molecular weight excluding hydrogens is 252 g/mol. The minimum atomic E-state index is 0.0336. The summed E-state index contributed by atoms with van der Waals surface area (Å²) in [7, 11) is 0. The number of hydrogen-bond acceptors (Lipinski definition) is 3. The topological polar surface area (TPSA) is 64.2 Å². The van der Waals surface area contributed by atoms with Crippen LogP contribution in [0.4, 0.5) is 0 Å². The Morgan fingerprint density at radius 1 is 1.30 bits per heavy atom. The Morgan fingerprint density at radius 3 is 2.90 bits per heavy atom. The molecule has 0 bridgehead atoms. The predicted molar refractivity (Wildman–Crippen MR) is 76.7 cm³/mol. The standard InChI is InChI=1S/C15H18N4O/c16-12-5-3-9-18(11-12)15(20)13-6-1-2-7-14(13)19-10-4-8-17-19/h1-2,4,6-8,10,12H,3,5,9,11,16H2/t12-/m0/s1. The van der Waals surface area contributed by atoms with Crippen molar-refractivity contribution in [1.29, 1.82) is 0 Å². The van der Waals surface area contributed by atoms with Crippen molar-refractivity contribution in [3.8, 4) is 5.69 Å². The lowest BCUT2D eigenvalue weighted by molar-refractivity contribution is 0.0708. The van der Waals surface area contributed by atoms with E-state index >= 15 is 0 Å². The zero-order valence-corrected chi connectivity index (χ0v) is 11.3. The van der Waals surface area contributed by atoms with Crippen LogP contribution in [-0.2, 0) is 0 Å². The van der Waals surface area contributed by atoms with Crippen molar-refractivity contribution in [2.45, 2.75) is 18.9 Å². The van der Waals surface area contributed by atoms with Gasteiger partial charge >= 0.3 is 0 Å². The molecule has 1 aliphatic heterocycles. The first-order valence-electron chi connectivity index (χ1n) is 6.89. The van der Waals surface area contributed by atoms with E-state index in [9.17, 15) is 4.79 Å². The van der Waals surface area contributed by atoms with E-state index in [0.29, 0.717) is 12.1 Å². The van der Waals surface area contributed by atoms with Gasteiger partial charge in [-0.2, -0.15) is 5.10 Å². The van der Waals surface area contributed by atoms with Crippen molar-refractivity contribution in [2.24, 2.45) is 5.73 Å². The fraction of sp³-hybridized carbons (Fsp3) is 0.333. The van der Waals surface area contributed by atoms with Gasteiger partial charge in [0.2, 0.25) is 0 Å². The maximum atomic E-state index is 12.7. The number of carbonyl (C=O) groups is 1. The third-order valence-electron chi connectivity index (χ3n) is 3.63. The summed E-state index contributed by atoms with van der Waals surface area (Å²) in [6.45, 7) is 1.41. The third kappa shape index (κ3) is 2.44. The number of benzene rings is 1. The zero-order chi connectivity index (χ0) is 13.9. The summed E-state index contributed by atoms with van der Waals surface area (Å²) in [4.78, 5) is 14.5. The minimum Gasteiger partial charge on any atom is -0.337 e. The summed E-state index contributed by atoms with van der Waals surface area (Å²) >= 11 is 0. The van der Waals surface area contributed by atoms with Crippen molar-refractivity contribution < 1.29 is 4.79 Å². The molecule has 0 unspecified atom stereocenters.